The van der Waals surface area contributed by atoms with Gasteiger partial charge in [0.25, 0.3) is 5.91 Å². The number of hydrogen-bond donors (Lipinski definition) is 0. The summed E-state index contributed by atoms with van der Waals surface area (Å²) in [5, 5.41) is 0. The molecular weight excluding hydrogens is 330 g/mol. The van der Waals surface area contributed by atoms with E-state index in [1.807, 2.05) is 50.2 Å². The van der Waals surface area contributed by atoms with Crippen molar-refractivity contribution in [1.82, 2.24) is 4.90 Å². The number of hydrogen-bond acceptors (Lipinski definition) is 4. The molecule has 0 saturated carbocycles. The fourth-order valence-corrected chi connectivity index (χ4v) is 2.72. The molecule has 0 spiro atoms. The first-order valence-corrected chi connectivity index (χ1v) is 8.55. The Kier molecular flexibility index (Phi) is 6.50. The van der Waals surface area contributed by atoms with E-state index in [0.29, 0.717) is 18.0 Å². The van der Waals surface area contributed by atoms with Gasteiger partial charge in [-0.1, -0.05) is 18.2 Å². The van der Waals surface area contributed by atoms with Crippen LogP contribution in [0.2, 0.25) is 0 Å². The Hall–Kier alpha value is -2.69. The van der Waals surface area contributed by atoms with Gasteiger partial charge in [-0.25, -0.2) is 0 Å². The van der Waals surface area contributed by atoms with Gasteiger partial charge in [0, 0.05) is 13.6 Å². The van der Waals surface area contributed by atoms with E-state index in [-0.39, 0.29) is 5.91 Å². The van der Waals surface area contributed by atoms with E-state index < -0.39 is 6.10 Å². The van der Waals surface area contributed by atoms with Crippen LogP contribution in [-0.4, -0.2) is 38.2 Å². The van der Waals surface area contributed by atoms with Gasteiger partial charge in [-0.15, -0.1) is 0 Å². The minimum absolute atomic E-state index is 0.0827. The van der Waals surface area contributed by atoms with E-state index in [0.717, 1.165) is 22.4 Å². The van der Waals surface area contributed by atoms with Gasteiger partial charge in [0.15, 0.2) is 17.6 Å². The molecule has 140 valence electrons. The van der Waals surface area contributed by atoms with Crippen LogP contribution in [0.25, 0.3) is 0 Å². The molecule has 26 heavy (non-hydrogen) atoms. The van der Waals surface area contributed by atoms with Crippen molar-refractivity contribution >= 4 is 5.91 Å². The fraction of sp³-hybridized carbons (Fsp3) is 0.381. The number of methoxy groups -OCH3 is 2. The van der Waals surface area contributed by atoms with E-state index in [9.17, 15) is 4.79 Å². The largest absolute Gasteiger partial charge is 0.493 e. The maximum absolute atomic E-state index is 12.7. The molecule has 0 aliphatic heterocycles. The van der Waals surface area contributed by atoms with E-state index in [4.69, 9.17) is 14.2 Å². The van der Waals surface area contributed by atoms with Gasteiger partial charge >= 0.3 is 0 Å². The lowest BCUT2D eigenvalue weighted by molar-refractivity contribution is -0.137. The van der Waals surface area contributed by atoms with Crippen LogP contribution < -0.4 is 14.2 Å². The molecule has 0 bridgehead atoms. The van der Waals surface area contributed by atoms with Gasteiger partial charge in [-0.2, -0.15) is 0 Å². The van der Waals surface area contributed by atoms with Crippen LogP contribution in [0.15, 0.2) is 36.4 Å². The number of rotatable bonds is 7. The summed E-state index contributed by atoms with van der Waals surface area (Å²) >= 11 is 0. The maximum atomic E-state index is 12.7. The van der Waals surface area contributed by atoms with Crippen molar-refractivity contribution in [3.63, 3.8) is 0 Å². The predicted molar refractivity (Wildman–Crippen MR) is 102 cm³/mol. The van der Waals surface area contributed by atoms with Crippen LogP contribution in [0.5, 0.6) is 17.2 Å². The fourth-order valence-electron chi connectivity index (χ4n) is 2.72. The Morgan fingerprint density at radius 2 is 1.69 bits per heavy atom. The van der Waals surface area contributed by atoms with Crippen molar-refractivity contribution in [2.45, 2.75) is 33.4 Å². The molecule has 2 aromatic rings. The molecule has 1 atom stereocenters. The van der Waals surface area contributed by atoms with Crippen LogP contribution in [0.4, 0.5) is 0 Å². The molecule has 2 rings (SSSR count). The average molecular weight is 357 g/mol. The molecule has 5 heteroatoms. The number of likely N-dealkylation sites (N-methyl/N-ethyl adjacent to an activating group) is 1. The summed E-state index contributed by atoms with van der Waals surface area (Å²) in [5.74, 6) is 1.97. The summed E-state index contributed by atoms with van der Waals surface area (Å²) in [6.45, 7) is 6.20. The number of aryl methyl sites for hydroxylation is 2. The first-order chi connectivity index (χ1) is 12.3. The summed E-state index contributed by atoms with van der Waals surface area (Å²) < 4.78 is 16.5. The molecule has 0 heterocycles. The third-order valence-corrected chi connectivity index (χ3v) is 4.24. The summed E-state index contributed by atoms with van der Waals surface area (Å²) in [5.41, 5.74) is 3.07. The summed E-state index contributed by atoms with van der Waals surface area (Å²) in [4.78, 5) is 14.3. The maximum Gasteiger partial charge on any atom is 0.263 e. The molecule has 0 unspecified atom stereocenters. The summed E-state index contributed by atoms with van der Waals surface area (Å²) in [7, 11) is 4.96. The SMILES string of the molecule is COc1ccc(CN(C)C(=O)[C@@H](C)Oc2cc(C)ccc2C)cc1OC. The standard InChI is InChI=1S/C21H27NO4/c1-14-7-8-15(2)19(11-14)26-16(3)21(23)22(4)13-17-9-10-18(24-5)20(12-17)25-6/h7-12,16H,13H2,1-6H3/t16-/m1/s1. The Bertz CT molecular complexity index is 773. The zero-order valence-electron chi connectivity index (χ0n) is 16.3. The van der Waals surface area contributed by atoms with Crippen LogP contribution in [-0.2, 0) is 11.3 Å². The molecule has 0 aliphatic rings. The molecule has 0 aliphatic carbocycles. The zero-order valence-corrected chi connectivity index (χ0v) is 16.3. The Morgan fingerprint density at radius 3 is 2.35 bits per heavy atom. The van der Waals surface area contributed by atoms with Crippen molar-refractivity contribution in [1.29, 1.82) is 0 Å². The van der Waals surface area contributed by atoms with Crippen LogP contribution in [0.3, 0.4) is 0 Å². The average Bonchev–Trinajstić information content (AvgIpc) is 2.63. The number of ether oxygens (including phenoxy) is 3. The number of carbonyl (C=O) groups excluding carboxylic acids is 1. The Balaban J connectivity index is 2.05. The molecule has 5 nitrogen and oxygen atoms in total. The van der Waals surface area contributed by atoms with Gasteiger partial charge in [-0.3, -0.25) is 4.79 Å². The van der Waals surface area contributed by atoms with Crippen molar-refractivity contribution in [2.24, 2.45) is 0 Å². The molecule has 0 saturated heterocycles. The highest BCUT2D eigenvalue weighted by molar-refractivity contribution is 5.80. The normalized spacial score (nSPS) is 11.6. The van der Waals surface area contributed by atoms with E-state index >= 15 is 0 Å². The predicted octanol–water partition coefficient (Wildman–Crippen LogP) is 3.75. The molecule has 1 amide bonds. The first-order valence-electron chi connectivity index (χ1n) is 8.55. The number of benzene rings is 2. The second-order valence-electron chi connectivity index (χ2n) is 6.41. The van der Waals surface area contributed by atoms with Crippen LogP contribution in [0, 0.1) is 13.8 Å². The number of carbonyl (C=O) groups is 1. The highest BCUT2D eigenvalue weighted by Crippen LogP contribution is 2.28. The minimum Gasteiger partial charge on any atom is -0.493 e. The van der Waals surface area contributed by atoms with Crippen LogP contribution in [0.1, 0.15) is 23.6 Å². The van der Waals surface area contributed by atoms with Crippen molar-refractivity contribution in [2.75, 3.05) is 21.3 Å². The lowest BCUT2D eigenvalue weighted by Crippen LogP contribution is -2.37. The molecule has 0 radical (unpaired) electrons. The van der Waals surface area contributed by atoms with Gasteiger partial charge < -0.3 is 19.1 Å². The van der Waals surface area contributed by atoms with Crippen molar-refractivity contribution < 1.29 is 19.0 Å². The lowest BCUT2D eigenvalue weighted by Gasteiger charge is -2.23. The quantitative estimate of drug-likeness (QED) is 0.757. The van der Waals surface area contributed by atoms with Gasteiger partial charge in [0.05, 0.1) is 14.2 Å². The third kappa shape index (κ3) is 4.69. The number of amides is 1. The minimum atomic E-state index is -0.569. The van der Waals surface area contributed by atoms with Crippen LogP contribution >= 0.6 is 0 Å². The Labute approximate surface area is 155 Å². The highest BCUT2D eigenvalue weighted by Gasteiger charge is 2.20. The highest BCUT2D eigenvalue weighted by atomic mass is 16.5. The van der Waals surface area contributed by atoms with Gasteiger partial charge in [0.2, 0.25) is 0 Å². The smallest absolute Gasteiger partial charge is 0.263 e. The monoisotopic (exact) mass is 357 g/mol. The van der Waals surface area contributed by atoms with Crippen molar-refractivity contribution in [3.8, 4) is 17.2 Å². The first kappa shape index (κ1) is 19.6. The lowest BCUT2D eigenvalue weighted by atomic mass is 10.1. The van der Waals surface area contributed by atoms with Gasteiger partial charge in [-0.05, 0) is 55.7 Å². The number of nitrogens with zero attached hydrogens (tertiary/aromatic N) is 1. The van der Waals surface area contributed by atoms with Gasteiger partial charge in [0.1, 0.15) is 5.75 Å². The van der Waals surface area contributed by atoms with E-state index in [1.165, 1.54) is 0 Å². The molecule has 0 aromatic heterocycles. The topological polar surface area (TPSA) is 48.0 Å². The zero-order chi connectivity index (χ0) is 19.3. The second-order valence-corrected chi connectivity index (χ2v) is 6.41. The molecular formula is C21H27NO4. The van der Waals surface area contributed by atoms with E-state index in [1.54, 1.807) is 33.1 Å². The summed E-state index contributed by atoms with van der Waals surface area (Å²) in [6, 6.07) is 11.6. The Morgan fingerprint density at radius 1 is 1.00 bits per heavy atom. The van der Waals surface area contributed by atoms with Crippen molar-refractivity contribution in [3.05, 3.63) is 53.1 Å². The summed E-state index contributed by atoms with van der Waals surface area (Å²) in [6.07, 6.45) is -0.569. The third-order valence-electron chi connectivity index (χ3n) is 4.24. The molecule has 0 fully saturated rings. The van der Waals surface area contributed by atoms with E-state index in [2.05, 4.69) is 0 Å². The second kappa shape index (κ2) is 8.61. The molecule has 0 N–H and O–H groups in total. The molecule has 2 aromatic carbocycles.